The van der Waals surface area contributed by atoms with Crippen LogP contribution in [0.4, 0.5) is 5.69 Å². The van der Waals surface area contributed by atoms with Crippen molar-refractivity contribution in [1.82, 2.24) is 0 Å². The van der Waals surface area contributed by atoms with Crippen molar-refractivity contribution in [2.24, 2.45) is 0 Å². The fourth-order valence-electron chi connectivity index (χ4n) is 2.01. The third-order valence-electron chi connectivity index (χ3n) is 3.13. The maximum Gasteiger partial charge on any atom is 0.224 e. The van der Waals surface area contributed by atoms with Gasteiger partial charge in [-0.15, -0.1) is 0 Å². The van der Waals surface area contributed by atoms with E-state index in [0.717, 1.165) is 24.1 Å². The van der Waals surface area contributed by atoms with Crippen molar-refractivity contribution in [3.8, 4) is 0 Å². The molecule has 0 bridgehead atoms. The number of aliphatic hydroxyl groups is 1. The van der Waals surface area contributed by atoms with Crippen molar-refractivity contribution < 1.29 is 9.90 Å². The number of aryl methyl sites for hydroxylation is 1. The van der Waals surface area contributed by atoms with Crippen LogP contribution in [0.3, 0.4) is 0 Å². The van der Waals surface area contributed by atoms with Gasteiger partial charge in [0, 0.05) is 12.1 Å². The van der Waals surface area contributed by atoms with Gasteiger partial charge < -0.3 is 10.4 Å². The van der Waals surface area contributed by atoms with Crippen LogP contribution in [0.5, 0.6) is 0 Å². The number of nitrogens with one attached hydrogen (secondary N) is 1. The molecule has 2 rings (SSSR count). The lowest BCUT2D eigenvalue weighted by Crippen LogP contribution is -2.11. The standard InChI is InChI=1S/C17H19NO2/c19-13-15-9-11-16(12-10-15)18-17(20)8-4-7-14-5-2-1-3-6-14/h1-3,5-6,9-12,19H,4,7-8,13H2,(H,18,20). The Morgan fingerprint density at radius 1 is 0.950 bits per heavy atom. The molecule has 1 amide bonds. The van der Waals surface area contributed by atoms with Gasteiger partial charge in [-0.05, 0) is 36.1 Å². The van der Waals surface area contributed by atoms with Gasteiger partial charge in [0.1, 0.15) is 0 Å². The second-order valence-corrected chi connectivity index (χ2v) is 4.74. The van der Waals surface area contributed by atoms with E-state index in [9.17, 15) is 4.79 Å². The van der Waals surface area contributed by atoms with E-state index in [1.165, 1.54) is 5.56 Å². The van der Waals surface area contributed by atoms with Gasteiger partial charge in [0.15, 0.2) is 0 Å². The summed E-state index contributed by atoms with van der Waals surface area (Å²) in [6.07, 6.45) is 2.26. The normalized spacial score (nSPS) is 10.2. The van der Waals surface area contributed by atoms with Gasteiger partial charge in [-0.2, -0.15) is 0 Å². The van der Waals surface area contributed by atoms with Gasteiger partial charge >= 0.3 is 0 Å². The molecule has 0 aliphatic carbocycles. The van der Waals surface area contributed by atoms with E-state index < -0.39 is 0 Å². The Kier molecular flexibility index (Phi) is 5.33. The van der Waals surface area contributed by atoms with Crippen LogP contribution < -0.4 is 5.32 Å². The largest absolute Gasteiger partial charge is 0.392 e. The van der Waals surface area contributed by atoms with Gasteiger partial charge in [0.2, 0.25) is 5.91 Å². The zero-order valence-corrected chi connectivity index (χ0v) is 11.4. The predicted molar refractivity (Wildman–Crippen MR) is 80.4 cm³/mol. The number of rotatable bonds is 6. The average Bonchev–Trinajstić information content (AvgIpc) is 2.49. The van der Waals surface area contributed by atoms with E-state index in [1.807, 2.05) is 18.2 Å². The van der Waals surface area contributed by atoms with Crippen molar-refractivity contribution in [1.29, 1.82) is 0 Å². The molecule has 0 unspecified atom stereocenters. The van der Waals surface area contributed by atoms with Crippen LogP contribution in [0.1, 0.15) is 24.0 Å². The van der Waals surface area contributed by atoms with Gasteiger partial charge in [0.25, 0.3) is 0 Å². The highest BCUT2D eigenvalue weighted by molar-refractivity contribution is 5.90. The number of carbonyl (C=O) groups is 1. The molecule has 0 aliphatic heterocycles. The Hall–Kier alpha value is -2.13. The molecule has 0 atom stereocenters. The highest BCUT2D eigenvalue weighted by atomic mass is 16.3. The van der Waals surface area contributed by atoms with Crippen LogP contribution in [0, 0.1) is 0 Å². The molecule has 2 aromatic carbocycles. The first-order valence-electron chi connectivity index (χ1n) is 6.81. The molecule has 3 heteroatoms. The van der Waals surface area contributed by atoms with Crippen LogP contribution >= 0.6 is 0 Å². The van der Waals surface area contributed by atoms with Crippen LogP contribution in [0.25, 0.3) is 0 Å². The minimum absolute atomic E-state index is 0.0191. The molecule has 20 heavy (non-hydrogen) atoms. The first-order chi connectivity index (χ1) is 9.78. The van der Waals surface area contributed by atoms with Gasteiger partial charge in [-0.1, -0.05) is 42.5 Å². The van der Waals surface area contributed by atoms with Crippen LogP contribution in [0.15, 0.2) is 54.6 Å². The monoisotopic (exact) mass is 269 g/mol. The lowest BCUT2D eigenvalue weighted by atomic mass is 10.1. The fraction of sp³-hybridized carbons (Fsp3) is 0.235. The summed E-state index contributed by atoms with van der Waals surface area (Å²) in [6, 6.07) is 17.4. The topological polar surface area (TPSA) is 49.3 Å². The van der Waals surface area contributed by atoms with Crippen molar-refractivity contribution >= 4 is 11.6 Å². The molecule has 104 valence electrons. The summed E-state index contributed by atoms with van der Waals surface area (Å²) in [6.45, 7) is 0.0191. The Morgan fingerprint density at radius 2 is 1.65 bits per heavy atom. The molecular weight excluding hydrogens is 250 g/mol. The number of amides is 1. The minimum Gasteiger partial charge on any atom is -0.392 e. The van der Waals surface area contributed by atoms with Crippen molar-refractivity contribution in [3.05, 3.63) is 65.7 Å². The molecule has 0 spiro atoms. The second kappa shape index (κ2) is 7.46. The molecule has 0 aromatic heterocycles. The van der Waals surface area contributed by atoms with Crippen LogP contribution in [0.2, 0.25) is 0 Å². The van der Waals surface area contributed by atoms with E-state index in [0.29, 0.717) is 6.42 Å². The number of benzene rings is 2. The lowest BCUT2D eigenvalue weighted by molar-refractivity contribution is -0.116. The Bertz CT molecular complexity index is 535. The summed E-state index contributed by atoms with van der Waals surface area (Å²) in [5.41, 5.74) is 2.87. The average molecular weight is 269 g/mol. The first kappa shape index (κ1) is 14.3. The van der Waals surface area contributed by atoms with E-state index in [-0.39, 0.29) is 12.5 Å². The maximum absolute atomic E-state index is 11.8. The van der Waals surface area contributed by atoms with E-state index >= 15 is 0 Å². The zero-order chi connectivity index (χ0) is 14.2. The van der Waals surface area contributed by atoms with E-state index in [1.54, 1.807) is 24.3 Å². The molecular formula is C17H19NO2. The third-order valence-corrected chi connectivity index (χ3v) is 3.13. The zero-order valence-electron chi connectivity index (χ0n) is 11.4. The summed E-state index contributed by atoms with van der Waals surface area (Å²) in [5.74, 6) is 0.0256. The summed E-state index contributed by atoms with van der Waals surface area (Å²) >= 11 is 0. The second-order valence-electron chi connectivity index (χ2n) is 4.74. The third kappa shape index (κ3) is 4.52. The van der Waals surface area contributed by atoms with Crippen LogP contribution in [-0.4, -0.2) is 11.0 Å². The molecule has 0 aliphatic rings. The summed E-state index contributed by atoms with van der Waals surface area (Å²) in [7, 11) is 0. The molecule has 2 N–H and O–H groups in total. The minimum atomic E-state index is 0.0191. The molecule has 2 aromatic rings. The lowest BCUT2D eigenvalue weighted by Gasteiger charge is -2.06. The van der Waals surface area contributed by atoms with Gasteiger partial charge in [-0.3, -0.25) is 4.79 Å². The molecule has 0 fully saturated rings. The molecule has 0 heterocycles. The van der Waals surface area contributed by atoms with E-state index in [4.69, 9.17) is 5.11 Å². The fourth-order valence-corrected chi connectivity index (χ4v) is 2.01. The van der Waals surface area contributed by atoms with Crippen molar-refractivity contribution in [3.63, 3.8) is 0 Å². The number of aliphatic hydroxyl groups excluding tert-OH is 1. The summed E-state index contributed by atoms with van der Waals surface area (Å²) < 4.78 is 0. The Balaban J connectivity index is 1.74. The quantitative estimate of drug-likeness (QED) is 0.846. The van der Waals surface area contributed by atoms with Gasteiger partial charge in [0.05, 0.1) is 6.61 Å². The highest BCUT2D eigenvalue weighted by Crippen LogP contribution is 2.11. The number of hydrogen-bond donors (Lipinski definition) is 2. The van der Waals surface area contributed by atoms with Crippen LogP contribution in [-0.2, 0) is 17.8 Å². The number of hydrogen-bond acceptors (Lipinski definition) is 2. The maximum atomic E-state index is 11.8. The molecule has 0 saturated heterocycles. The Morgan fingerprint density at radius 3 is 2.30 bits per heavy atom. The molecule has 3 nitrogen and oxygen atoms in total. The molecule has 0 saturated carbocycles. The molecule has 0 radical (unpaired) electrons. The SMILES string of the molecule is O=C(CCCc1ccccc1)Nc1ccc(CO)cc1. The number of anilines is 1. The van der Waals surface area contributed by atoms with Gasteiger partial charge in [-0.25, -0.2) is 0 Å². The predicted octanol–water partition coefficient (Wildman–Crippen LogP) is 3.14. The smallest absolute Gasteiger partial charge is 0.224 e. The summed E-state index contributed by atoms with van der Waals surface area (Å²) in [4.78, 5) is 11.8. The highest BCUT2D eigenvalue weighted by Gasteiger charge is 2.02. The summed E-state index contributed by atoms with van der Waals surface area (Å²) in [5, 5.41) is 11.8. The first-order valence-corrected chi connectivity index (χ1v) is 6.81. The van der Waals surface area contributed by atoms with Crippen molar-refractivity contribution in [2.45, 2.75) is 25.9 Å². The van der Waals surface area contributed by atoms with Crippen molar-refractivity contribution in [2.75, 3.05) is 5.32 Å². The van der Waals surface area contributed by atoms with E-state index in [2.05, 4.69) is 17.4 Å². The Labute approximate surface area is 119 Å². The number of carbonyl (C=O) groups excluding carboxylic acids is 1.